The van der Waals surface area contributed by atoms with Crippen LogP contribution in [-0.4, -0.2) is 39.9 Å². The van der Waals surface area contributed by atoms with Gasteiger partial charge in [0.05, 0.1) is 5.75 Å². The monoisotopic (exact) mass is 385 g/mol. The van der Waals surface area contributed by atoms with Crippen molar-refractivity contribution in [3.8, 4) is 0 Å². The standard InChI is InChI=1S/C20H27N5OS/c1-14-12-16(8-9-17(14)25-10-4-5-11-25)21-18(26)13-27-20-22-19(23-24-20)15-6-2-3-7-15/h8-9,12,15H,2-7,10-11,13H2,1H3,(H,21,26)(H,22,23,24). The van der Waals surface area contributed by atoms with Gasteiger partial charge in [-0.1, -0.05) is 24.6 Å². The van der Waals surface area contributed by atoms with Gasteiger partial charge in [-0.2, -0.15) is 0 Å². The Bertz CT molecular complexity index is 793. The summed E-state index contributed by atoms with van der Waals surface area (Å²) in [6.07, 6.45) is 7.44. The lowest BCUT2D eigenvalue weighted by Gasteiger charge is -2.20. The molecule has 1 aliphatic heterocycles. The van der Waals surface area contributed by atoms with E-state index >= 15 is 0 Å². The minimum Gasteiger partial charge on any atom is -0.371 e. The van der Waals surface area contributed by atoms with E-state index in [0.717, 1.165) is 24.6 Å². The Balaban J connectivity index is 1.29. The molecule has 2 fully saturated rings. The number of H-pyrrole nitrogens is 1. The molecule has 1 saturated carbocycles. The molecule has 2 N–H and O–H groups in total. The predicted molar refractivity (Wildman–Crippen MR) is 110 cm³/mol. The van der Waals surface area contributed by atoms with Gasteiger partial charge in [-0.15, -0.1) is 5.10 Å². The summed E-state index contributed by atoms with van der Waals surface area (Å²) in [6.45, 7) is 4.36. The molecule has 7 heteroatoms. The number of hydrogen-bond acceptors (Lipinski definition) is 5. The van der Waals surface area contributed by atoms with Crippen molar-refractivity contribution in [3.05, 3.63) is 29.6 Å². The van der Waals surface area contributed by atoms with Crippen LogP contribution in [0.3, 0.4) is 0 Å². The molecule has 0 unspecified atom stereocenters. The first-order valence-electron chi connectivity index (χ1n) is 9.89. The maximum Gasteiger partial charge on any atom is 0.234 e. The Kier molecular flexibility index (Phi) is 5.66. The summed E-state index contributed by atoms with van der Waals surface area (Å²) >= 11 is 1.38. The van der Waals surface area contributed by atoms with Crippen LogP contribution < -0.4 is 10.2 Å². The Labute approximate surface area is 164 Å². The van der Waals surface area contributed by atoms with Crippen molar-refractivity contribution < 1.29 is 4.79 Å². The summed E-state index contributed by atoms with van der Waals surface area (Å²) in [5.41, 5.74) is 3.33. The van der Waals surface area contributed by atoms with Gasteiger partial charge in [0.25, 0.3) is 0 Å². The molecule has 4 rings (SSSR count). The summed E-state index contributed by atoms with van der Waals surface area (Å²) in [4.78, 5) is 19.3. The number of hydrogen-bond donors (Lipinski definition) is 2. The number of nitrogens with zero attached hydrogens (tertiary/aromatic N) is 3. The number of aryl methyl sites for hydroxylation is 1. The van der Waals surface area contributed by atoms with Crippen molar-refractivity contribution in [2.75, 3.05) is 29.1 Å². The van der Waals surface area contributed by atoms with E-state index in [9.17, 15) is 4.79 Å². The maximum absolute atomic E-state index is 12.3. The molecule has 0 radical (unpaired) electrons. The van der Waals surface area contributed by atoms with Crippen molar-refractivity contribution in [2.45, 2.75) is 56.5 Å². The molecule has 1 amide bonds. The first-order chi connectivity index (χ1) is 13.2. The average Bonchev–Trinajstić information content (AvgIpc) is 3.41. The normalized spacial score (nSPS) is 17.6. The van der Waals surface area contributed by atoms with Gasteiger partial charge in [0.2, 0.25) is 11.1 Å². The third-order valence-corrected chi connectivity index (χ3v) is 6.33. The van der Waals surface area contributed by atoms with E-state index in [1.54, 1.807) is 0 Å². The number of rotatable bonds is 6. The summed E-state index contributed by atoms with van der Waals surface area (Å²) in [5.74, 6) is 1.77. The van der Waals surface area contributed by atoms with Gasteiger partial charge in [0.1, 0.15) is 5.82 Å². The molecule has 0 bridgehead atoms. The first kappa shape index (κ1) is 18.3. The Morgan fingerprint density at radius 2 is 2.04 bits per heavy atom. The van der Waals surface area contributed by atoms with Crippen LogP contribution >= 0.6 is 11.8 Å². The number of carbonyl (C=O) groups is 1. The highest BCUT2D eigenvalue weighted by molar-refractivity contribution is 7.99. The third-order valence-electron chi connectivity index (χ3n) is 5.48. The molecule has 6 nitrogen and oxygen atoms in total. The van der Waals surface area contributed by atoms with Crippen molar-refractivity contribution in [3.63, 3.8) is 0 Å². The largest absolute Gasteiger partial charge is 0.371 e. The van der Waals surface area contributed by atoms with Gasteiger partial charge in [0, 0.05) is 30.4 Å². The van der Waals surface area contributed by atoms with Crippen LogP contribution in [0.4, 0.5) is 11.4 Å². The fraction of sp³-hybridized carbons (Fsp3) is 0.550. The molecule has 2 heterocycles. The molecule has 1 saturated heterocycles. The van der Waals surface area contributed by atoms with Crippen molar-refractivity contribution >= 4 is 29.0 Å². The molecule has 0 spiro atoms. The fourth-order valence-electron chi connectivity index (χ4n) is 4.08. The second-order valence-corrected chi connectivity index (χ2v) is 8.46. The first-order valence-corrected chi connectivity index (χ1v) is 10.9. The molecule has 1 aromatic heterocycles. The Hall–Kier alpha value is -2.02. The van der Waals surface area contributed by atoms with E-state index < -0.39 is 0 Å². The van der Waals surface area contributed by atoms with Gasteiger partial charge >= 0.3 is 0 Å². The summed E-state index contributed by atoms with van der Waals surface area (Å²) in [6, 6.07) is 6.17. The molecular weight excluding hydrogens is 358 g/mol. The average molecular weight is 386 g/mol. The van der Waals surface area contributed by atoms with E-state index in [1.165, 1.54) is 61.5 Å². The van der Waals surface area contributed by atoms with Crippen LogP contribution in [0, 0.1) is 6.92 Å². The fourth-order valence-corrected chi connectivity index (χ4v) is 4.68. The van der Waals surface area contributed by atoms with Gasteiger partial charge in [-0.25, -0.2) is 4.98 Å². The highest BCUT2D eigenvalue weighted by atomic mass is 32.2. The number of benzene rings is 1. The van der Waals surface area contributed by atoms with E-state index in [1.807, 2.05) is 6.07 Å². The minimum absolute atomic E-state index is 0.0273. The zero-order valence-electron chi connectivity index (χ0n) is 15.8. The van der Waals surface area contributed by atoms with E-state index in [-0.39, 0.29) is 5.91 Å². The Morgan fingerprint density at radius 1 is 1.26 bits per heavy atom. The quantitative estimate of drug-likeness (QED) is 0.732. The topological polar surface area (TPSA) is 73.9 Å². The predicted octanol–water partition coefficient (Wildman–Crippen LogP) is 4.10. The van der Waals surface area contributed by atoms with Gasteiger partial charge in [-0.3, -0.25) is 9.89 Å². The zero-order valence-corrected chi connectivity index (χ0v) is 16.6. The minimum atomic E-state index is -0.0273. The number of aromatic amines is 1. The van der Waals surface area contributed by atoms with Crippen molar-refractivity contribution in [1.82, 2.24) is 15.2 Å². The molecule has 2 aliphatic rings. The van der Waals surface area contributed by atoms with Crippen LogP contribution in [0.15, 0.2) is 23.4 Å². The summed E-state index contributed by atoms with van der Waals surface area (Å²) < 4.78 is 0. The van der Waals surface area contributed by atoms with Crippen LogP contribution in [-0.2, 0) is 4.79 Å². The lowest BCUT2D eigenvalue weighted by Crippen LogP contribution is -2.19. The van der Waals surface area contributed by atoms with Gasteiger partial charge < -0.3 is 10.2 Å². The summed E-state index contributed by atoms with van der Waals surface area (Å²) in [7, 11) is 0. The molecule has 0 atom stereocenters. The molecule has 1 aliphatic carbocycles. The van der Waals surface area contributed by atoms with Crippen molar-refractivity contribution in [1.29, 1.82) is 0 Å². The molecule has 2 aromatic rings. The number of thioether (sulfide) groups is 1. The molecule has 1 aromatic carbocycles. The van der Waals surface area contributed by atoms with Gasteiger partial charge in [0.15, 0.2) is 0 Å². The highest BCUT2D eigenvalue weighted by Gasteiger charge is 2.21. The molecule has 27 heavy (non-hydrogen) atoms. The van der Waals surface area contributed by atoms with E-state index in [4.69, 9.17) is 0 Å². The SMILES string of the molecule is Cc1cc(NC(=O)CSc2n[nH]c(C3CCCC3)n2)ccc1N1CCCC1. The number of aromatic nitrogens is 3. The lowest BCUT2D eigenvalue weighted by atomic mass is 10.1. The number of anilines is 2. The van der Waals surface area contributed by atoms with Crippen LogP contribution in [0.1, 0.15) is 55.8 Å². The smallest absolute Gasteiger partial charge is 0.234 e. The lowest BCUT2D eigenvalue weighted by molar-refractivity contribution is -0.113. The Morgan fingerprint density at radius 3 is 2.78 bits per heavy atom. The van der Waals surface area contributed by atoms with Crippen molar-refractivity contribution in [2.24, 2.45) is 0 Å². The summed E-state index contributed by atoms with van der Waals surface area (Å²) in [5, 5.41) is 10.9. The number of nitrogens with one attached hydrogen (secondary N) is 2. The second kappa shape index (κ2) is 8.33. The zero-order chi connectivity index (χ0) is 18.6. The van der Waals surface area contributed by atoms with E-state index in [2.05, 4.69) is 44.5 Å². The van der Waals surface area contributed by atoms with Crippen LogP contribution in [0.5, 0.6) is 0 Å². The van der Waals surface area contributed by atoms with Gasteiger partial charge in [-0.05, 0) is 56.4 Å². The maximum atomic E-state index is 12.3. The van der Waals surface area contributed by atoms with E-state index in [0.29, 0.717) is 16.8 Å². The number of carbonyl (C=O) groups excluding carboxylic acids is 1. The molecular formula is C20H27N5OS. The second-order valence-electron chi connectivity index (χ2n) is 7.52. The van der Waals surface area contributed by atoms with Crippen LogP contribution in [0.2, 0.25) is 0 Å². The molecule has 144 valence electrons. The highest BCUT2D eigenvalue weighted by Crippen LogP contribution is 2.32. The number of amides is 1. The van der Waals surface area contributed by atoms with Crippen LogP contribution in [0.25, 0.3) is 0 Å². The third kappa shape index (κ3) is 4.46.